The summed E-state index contributed by atoms with van der Waals surface area (Å²) in [4.78, 5) is 0. The van der Waals surface area contributed by atoms with Crippen molar-refractivity contribution in [1.82, 2.24) is 0 Å². The molecule has 0 spiro atoms. The van der Waals surface area contributed by atoms with E-state index in [4.69, 9.17) is 21.0 Å². The molecule has 0 saturated carbocycles. The Kier molecular flexibility index (Phi) is 2.94. The zero-order valence-electron chi connectivity index (χ0n) is 7.73. The molecule has 0 aromatic heterocycles. The highest BCUT2D eigenvalue weighted by Crippen LogP contribution is 2.29. The van der Waals surface area contributed by atoms with E-state index in [0.717, 1.165) is 0 Å². The molecule has 0 aromatic rings. The maximum Gasteiger partial charge on any atom is 0.164 e. The lowest BCUT2D eigenvalue weighted by Gasteiger charge is -2.17. The molecule has 0 bridgehead atoms. The molecule has 4 nitrogen and oxygen atoms in total. The van der Waals surface area contributed by atoms with Crippen molar-refractivity contribution < 1.29 is 19.7 Å². The molecule has 4 heteroatoms. The second kappa shape index (κ2) is 3.64. The molecule has 0 amide bonds. The van der Waals surface area contributed by atoms with Gasteiger partial charge in [0, 0.05) is 0 Å². The number of terminal acetylenes is 1. The van der Waals surface area contributed by atoms with E-state index < -0.39 is 24.1 Å². The van der Waals surface area contributed by atoms with E-state index in [-0.39, 0.29) is 6.61 Å². The van der Waals surface area contributed by atoms with Crippen molar-refractivity contribution in [2.75, 3.05) is 6.61 Å². The summed E-state index contributed by atoms with van der Waals surface area (Å²) >= 11 is 0. The van der Waals surface area contributed by atoms with Crippen LogP contribution in [0.25, 0.3) is 0 Å². The monoisotopic (exact) mass is 186 g/mol. The molecular weight excluding hydrogens is 172 g/mol. The molecule has 74 valence electrons. The van der Waals surface area contributed by atoms with Crippen molar-refractivity contribution in [3.05, 3.63) is 0 Å². The van der Waals surface area contributed by atoms with Gasteiger partial charge < -0.3 is 19.7 Å². The Labute approximate surface area is 77.5 Å². The number of ether oxygens (including phenoxy) is 2. The molecule has 1 heterocycles. The second-order valence-corrected chi connectivity index (χ2v) is 3.43. The van der Waals surface area contributed by atoms with Crippen molar-refractivity contribution in [2.45, 2.75) is 37.9 Å². The Balaban J connectivity index is 2.70. The Morgan fingerprint density at radius 1 is 1.54 bits per heavy atom. The Bertz CT molecular complexity index is 218. The van der Waals surface area contributed by atoms with Crippen LogP contribution < -0.4 is 0 Å². The summed E-state index contributed by atoms with van der Waals surface area (Å²) in [6.45, 7) is 3.20. The van der Waals surface area contributed by atoms with Crippen molar-refractivity contribution in [3.63, 3.8) is 0 Å². The molecule has 0 aromatic carbocycles. The molecule has 1 aliphatic heterocycles. The number of hydrogen-bond donors (Lipinski definition) is 2. The second-order valence-electron chi connectivity index (χ2n) is 3.43. The molecule has 1 saturated heterocycles. The Morgan fingerprint density at radius 3 is 2.62 bits per heavy atom. The van der Waals surface area contributed by atoms with E-state index in [1.54, 1.807) is 13.8 Å². The quantitative estimate of drug-likeness (QED) is 0.570. The normalized spacial score (nSPS) is 34.1. The fourth-order valence-electron chi connectivity index (χ4n) is 1.37. The first-order valence-corrected chi connectivity index (χ1v) is 4.11. The predicted octanol–water partition coefficient (Wildman–Crippen LogP) is -0.507. The van der Waals surface area contributed by atoms with Gasteiger partial charge in [0.2, 0.25) is 0 Å². The van der Waals surface area contributed by atoms with Crippen LogP contribution in [0.5, 0.6) is 0 Å². The van der Waals surface area contributed by atoms with Crippen LogP contribution in [-0.4, -0.2) is 40.9 Å². The minimum absolute atomic E-state index is 0.215. The maximum atomic E-state index is 9.34. The predicted molar refractivity (Wildman–Crippen MR) is 45.8 cm³/mol. The molecule has 2 N–H and O–H groups in total. The van der Waals surface area contributed by atoms with E-state index in [2.05, 4.69) is 5.92 Å². The van der Waals surface area contributed by atoms with Crippen LogP contribution in [-0.2, 0) is 9.47 Å². The number of hydrogen-bond acceptors (Lipinski definition) is 4. The summed E-state index contributed by atoms with van der Waals surface area (Å²) in [5.41, 5.74) is 0. The first-order valence-electron chi connectivity index (χ1n) is 4.11. The van der Waals surface area contributed by atoms with E-state index in [1.165, 1.54) is 0 Å². The zero-order valence-corrected chi connectivity index (χ0v) is 7.73. The molecule has 1 aliphatic rings. The van der Waals surface area contributed by atoms with Crippen LogP contribution in [0.15, 0.2) is 0 Å². The van der Waals surface area contributed by atoms with Crippen molar-refractivity contribution in [1.29, 1.82) is 0 Å². The van der Waals surface area contributed by atoms with E-state index in [1.807, 2.05) is 0 Å². The van der Waals surface area contributed by atoms with E-state index >= 15 is 0 Å². The minimum Gasteiger partial charge on any atom is -0.394 e. The molecule has 13 heavy (non-hydrogen) atoms. The van der Waals surface area contributed by atoms with Gasteiger partial charge >= 0.3 is 0 Å². The highest BCUT2D eigenvalue weighted by atomic mass is 16.8. The highest BCUT2D eigenvalue weighted by Gasteiger charge is 2.43. The van der Waals surface area contributed by atoms with Crippen molar-refractivity contribution >= 4 is 0 Å². The van der Waals surface area contributed by atoms with Crippen LogP contribution >= 0.6 is 0 Å². The zero-order chi connectivity index (χ0) is 10.1. The topological polar surface area (TPSA) is 58.9 Å². The lowest BCUT2D eigenvalue weighted by Crippen LogP contribution is -2.36. The summed E-state index contributed by atoms with van der Waals surface area (Å²) in [6, 6.07) is 0. The third kappa shape index (κ3) is 2.20. The lowest BCUT2D eigenvalue weighted by molar-refractivity contribution is -0.154. The molecule has 3 atom stereocenters. The van der Waals surface area contributed by atoms with Gasteiger partial charge in [0.15, 0.2) is 5.79 Å². The summed E-state index contributed by atoms with van der Waals surface area (Å²) in [5.74, 6) is 1.35. The maximum absolute atomic E-state index is 9.34. The van der Waals surface area contributed by atoms with Crippen LogP contribution in [0.2, 0.25) is 0 Å². The Hall–Kier alpha value is -0.600. The summed E-state index contributed by atoms with van der Waals surface area (Å²) in [7, 11) is 0. The van der Waals surface area contributed by atoms with Gasteiger partial charge in [-0.3, -0.25) is 0 Å². The summed E-state index contributed by atoms with van der Waals surface area (Å²) < 4.78 is 10.6. The van der Waals surface area contributed by atoms with Crippen molar-refractivity contribution in [2.24, 2.45) is 0 Å². The summed E-state index contributed by atoms with van der Waals surface area (Å²) in [6.07, 6.45) is 2.79. The fraction of sp³-hybridized carbons (Fsp3) is 0.778. The fourth-order valence-corrected chi connectivity index (χ4v) is 1.37. The van der Waals surface area contributed by atoms with Gasteiger partial charge in [-0.25, -0.2) is 0 Å². The molecule has 0 radical (unpaired) electrons. The largest absolute Gasteiger partial charge is 0.394 e. The van der Waals surface area contributed by atoms with Crippen molar-refractivity contribution in [3.8, 4) is 12.3 Å². The third-order valence-electron chi connectivity index (χ3n) is 1.88. The molecule has 1 rings (SSSR count). The lowest BCUT2D eigenvalue weighted by atomic mass is 10.1. The Morgan fingerprint density at radius 2 is 2.15 bits per heavy atom. The number of aliphatic hydroxyl groups excluding tert-OH is 2. The molecule has 1 fully saturated rings. The van der Waals surface area contributed by atoms with Crippen LogP contribution in [0.4, 0.5) is 0 Å². The van der Waals surface area contributed by atoms with E-state index in [0.29, 0.717) is 0 Å². The van der Waals surface area contributed by atoms with Gasteiger partial charge in [-0.2, -0.15) is 0 Å². The van der Waals surface area contributed by atoms with Gasteiger partial charge in [0.05, 0.1) is 6.61 Å². The third-order valence-corrected chi connectivity index (χ3v) is 1.88. The van der Waals surface area contributed by atoms with Crippen LogP contribution in [0.1, 0.15) is 13.8 Å². The van der Waals surface area contributed by atoms with Gasteiger partial charge in [-0.05, 0) is 13.8 Å². The van der Waals surface area contributed by atoms with Gasteiger partial charge in [-0.15, -0.1) is 6.42 Å². The standard InChI is InChI=1S/C9H14O4/c1-4-6(11)8-7(5-10)12-9(2,3)13-8/h1,6-8,10-11H,5H2,2-3H3/t6?,7-,8+/m1/s1. The minimum atomic E-state index is -1.04. The van der Waals surface area contributed by atoms with Gasteiger partial charge in [0.1, 0.15) is 18.3 Å². The number of rotatable bonds is 2. The SMILES string of the molecule is C#CC(O)[C@@H]1OC(C)(C)O[C@@H]1CO. The molecule has 0 aliphatic carbocycles. The number of aliphatic hydroxyl groups is 2. The first kappa shape index (κ1) is 10.5. The van der Waals surface area contributed by atoms with Gasteiger partial charge in [0.25, 0.3) is 0 Å². The van der Waals surface area contributed by atoms with Gasteiger partial charge in [-0.1, -0.05) is 5.92 Å². The summed E-state index contributed by atoms with van der Waals surface area (Å²) in [5, 5.41) is 18.3. The smallest absolute Gasteiger partial charge is 0.164 e. The molecular formula is C9H14O4. The molecule has 1 unspecified atom stereocenters. The highest BCUT2D eigenvalue weighted by molar-refractivity contribution is 5.02. The average molecular weight is 186 g/mol. The van der Waals surface area contributed by atoms with Crippen LogP contribution in [0, 0.1) is 12.3 Å². The average Bonchev–Trinajstić information content (AvgIpc) is 2.39. The van der Waals surface area contributed by atoms with Crippen LogP contribution in [0.3, 0.4) is 0 Å². The van der Waals surface area contributed by atoms with E-state index in [9.17, 15) is 5.11 Å². The first-order chi connectivity index (χ1) is 6.00.